The van der Waals surface area contributed by atoms with E-state index in [9.17, 15) is 4.79 Å². The van der Waals surface area contributed by atoms with Crippen molar-refractivity contribution in [3.8, 4) is 0 Å². The first-order valence-corrected chi connectivity index (χ1v) is 8.86. The van der Waals surface area contributed by atoms with Crippen LogP contribution in [0.15, 0.2) is 66.2 Å². The minimum atomic E-state index is -0.239. The molecule has 1 unspecified atom stereocenters. The third kappa shape index (κ3) is 4.19. The van der Waals surface area contributed by atoms with Crippen LogP contribution in [0.4, 0.5) is 0 Å². The third-order valence-corrected chi connectivity index (χ3v) is 4.64. The molecule has 4 nitrogen and oxygen atoms in total. The summed E-state index contributed by atoms with van der Waals surface area (Å²) in [7, 11) is 1.80. The van der Waals surface area contributed by atoms with Gasteiger partial charge < -0.3 is 4.90 Å². The molecule has 5 heteroatoms. The summed E-state index contributed by atoms with van der Waals surface area (Å²) in [5.74, 6) is -0.0924. The van der Waals surface area contributed by atoms with Gasteiger partial charge in [-0.15, -0.1) is 11.3 Å². The summed E-state index contributed by atoms with van der Waals surface area (Å²) in [5, 5.41) is 2.92. The van der Waals surface area contributed by atoms with Crippen LogP contribution in [0.5, 0.6) is 0 Å². The summed E-state index contributed by atoms with van der Waals surface area (Å²) in [6.45, 7) is 1.95. The van der Waals surface area contributed by atoms with E-state index in [1.165, 1.54) is 0 Å². The number of benzene rings is 1. The Morgan fingerprint density at radius 2 is 1.92 bits per heavy atom. The average molecular weight is 349 g/mol. The first-order valence-electron chi connectivity index (χ1n) is 7.98. The topological polar surface area (TPSA) is 46.1 Å². The monoisotopic (exact) mass is 349 g/mol. The van der Waals surface area contributed by atoms with E-state index in [1.54, 1.807) is 41.6 Å². The second-order valence-corrected chi connectivity index (χ2v) is 6.70. The van der Waals surface area contributed by atoms with Crippen molar-refractivity contribution in [3.05, 3.63) is 88.1 Å². The summed E-state index contributed by atoms with van der Waals surface area (Å²) in [4.78, 5) is 23.2. The lowest BCUT2D eigenvalue weighted by molar-refractivity contribution is -0.126. The second kappa shape index (κ2) is 7.85. The maximum Gasteiger partial charge on any atom is 0.247 e. The van der Waals surface area contributed by atoms with E-state index in [4.69, 9.17) is 0 Å². The minimum absolute atomic E-state index is 0.0924. The third-order valence-electron chi connectivity index (χ3n) is 3.85. The number of likely N-dealkylation sites (N-methyl/N-ethyl adjacent to an activating group) is 1. The molecule has 1 atom stereocenters. The Hall–Kier alpha value is -2.79. The zero-order chi connectivity index (χ0) is 17.6. The number of aromatic nitrogens is 2. The fraction of sp³-hybridized carbons (Fsp3) is 0.150. The molecular weight excluding hydrogens is 330 g/mol. The van der Waals surface area contributed by atoms with Gasteiger partial charge in [0.15, 0.2) is 0 Å². The predicted molar refractivity (Wildman–Crippen MR) is 101 cm³/mol. The molecule has 0 aliphatic heterocycles. The highest BCUT2D eigenvalue weighted by Gasteiger charge is 2.23. The van der Waals surface area contributed by atoms with E-state index in [2.05, 4.69) is 9.97 Å². The maximum absolute atomic E-state index is 12.7. The van der Waals surface area contributed by atoms with Crippen molar-refractivity contribution in [1.29, 1.82) is 0 Å². The molecule has 25 heavy (non-hydrogen) atoms. The van der Waals surface area contributed by atoms with Crippen LogP contribution in [0, 0.1) is 6.92 Å². The number of amides is 1. The molecule has 0 saturated carbocycles. The van der Waals surface area contributed by atoms with Gasteiger partial charge in [-0.2, -0.15) is 0 Å². The molecule has 0 fully saturated rings. The zero-order valence-electron chi connectivity index (χ0n) is 14.2. The number of carbonyl (C=O) groups excluding carboxylic acids is 1. The van der Waals surface area contributed by atoms with Crippen molar-refractivity contribution in [2.24, 2.45) is 0 Å². The molecule has 0 aliphatic rings. The summed E-state index contributed by atoms with van der Waals surface area (Å²) in [6, 6.07) is 15.4. The molecule has 0 saturated heterocycles. The normalized spacial score (nSPS) is 12.2. The van der Waals surface area contributed by atoms with Crippen LogP contribution in [0.2, 0.25) is 0 Å². The predicted octanol–water partition coefficient (Wildman–Crippen LogP) is 4.11. The Bertz CT molecular complexity index is 819. The van der Waals surface area contributed by atoms with E-state index in [0.717, 1.165) is 22.0 Å². The highest BCUT2D eigenvalue weighted by atomic mass is 32.1. The van der Waals surface area contributed by atoms with E-state index in [0.29, 0.717) is 0 Å². The van der Waals surface area contributed by atoms with E-state index in [1.807, 2.05) is 60.8 Å². The Labute approximate surface area is 151 Å². The molecule has 0 bridgehead atoms. The Morgan fingerprint density at radius 1 is 1.16 bits per heavy atom. The molecule has 0 aliphatic carbocycles. The van der Waals surface area contributed by atoms with Gasteiger partial charge in [-0.05, 0) is 30.7 Å². The van der Waals surface area contributed by atoms with E-state index >= 15 is 0 Å². The molecule has 2 aromatic heterocycles. The van der Waals surface area contributed by atoms with Crippen LogP contribution in [0.1, 0.15) is 28.0 Å². The lowest BCUT2D eigenvalue weighted by Gasteiger charge is -2.27. The van der Waals surface area contributed by atoms with Crippen LogP contribution in [0.25, 0.3) is 6.08 Å². The van der Waals surface area contributed by atoms with Gasteiger partial charge in [-0.3, -0.25) is 9.78 Å². The lowest BCUT2D eigenvalue weighted by atomic mass is 10.0. The largest absolute Gasteiger partial charge is 0.329 e. The number of thiazole rings is 1. The molecule has 2 heterocycles. The second-order valence-electron chi connectivity index (χ2n) is 5.64. The molecule has 3 aromatic rings. The average Bonchev–Trinajstić information content (AvgIpc) is 3.07. The fourth-order valence-electron chi connectivity index (χ4n) is 2.62. The Balaban J connectivity index is 1.87. The van der Waals surface area contributed by atoms with Crippen LogP contribution >= 0.6 is 11.3 Å². The molecule has 1 amide bonds. The van der Waals surface area contributed by atoms with Crippen LogP contribution < -0.4 is 0 Å². The van der Waals surface area contributed by atoms with Crippen molar-refractivity contribution < 1.29 is 4.79 Å². The number of rotatable bonds is 5. The highest BCUT2D eigenvalue weighted by molar-refractivity contribution is 7.09. The molecule has 0 radical (unpaired) electrons. The molecule has 3 rings (SSSR count). The number of hydrogen-bond acceptors (Lipinski definition) is 4. The van der Waals surface area contributed by atoms with Crippen molar-refractivity contribution in [1.82, 2.24) is 14.9 Å². The molecule has 1 aromatic carbocycles. The summed E-state index contributed by atoms with van der Waals surface area (Å²) >= 11 is 1.57. The maximum atomic E-state index is 12.7. The smallest absolute Gasteiger partial charge is 0.247 e. The van der Waals surface area contributed by atoms with Gasteiger partial charge >= 0.3 is 0 Å². The van der Waals surface area contributed by atoms with Gasteiger partial charge in [0.2, 0.25) is 5.91 Å². The lowest BCUT2D eigenvalue weighted by Crippen LogP contribution is -2.31. The number of carbonyl (C=O) groups is 1. The Morgan fingerprint density at radius 3 is 2.56 bits per heavy atom. The molecule has 0 N–H and O–H groups in total. The van der Waals surface area contributed by atoms with Gasteiger partial charge in [0.25, 0.3) is 0 Å². The highest BCUT2D eigenvalue weighted by Crippen LogP contribution is 2.26. The summed E-state index contributed by atoms with van der Waals surface area (Å²) in [6.07, 6.45) is 5.06. The minimum Gasteiger partial charge on any atom is -0.329 e. The number of nitrogens with zero attached hydrogens (tertiary/aromatic N) is 3. The van der Waals surface area contributed by atoms with Gasteiger partial charge in [0.1, 0.15) is 0 Å². The zero-order valence-corrected chi connectivity index (χ0v) is 15.0. The summed E-state index contributed by atoms with van der Waals surface area (Å²) < 4.78 is 0. The van der Waals surface area contributed by atoms with Gasteiger partial charge in [0.05, 0.1) is 22.4 Å². The molecular formula is C20H19N3OS. The fourth-order valence-corrected chi connectivity index (χ4v) is 3.20. The van der Waals surface area contributed by atoms with Crippen molar-refractivity contribution >= 4 is 23.3 Å². The number of hydrogen-bond donors (Lipinski definition) is 0. The quantitative estimate of drug-likeness (QED) is 0.651. The van der Waals surface area contributed by atoms with Gasteiger partial charge in [0, 0.05) is 24.7 Å². The molecule has 0 spiro atoms. The first kappa shape index (κ1) is 17.0. The van der Waals surface area contributed by atoms with Gasteiger partial charge in [-0.25, -0.2) is 4.98 Å². The first-order chi connectivity index (χ1) is 12.1. The van der Waals surface area contributed by atoms with Crippen molar-refractivity contribution in [2.45, 2.75) is 13.0 Å². The van der Waals surface area contributed by atoms with Crippen molar-refractivity contribution in [3.63, 3.8) is 0 Å². The van der Waals surface area contributed by atoms with Crippen LogP contribution in [-0.2, 0) is 4.79 Å². The van der Waals surface area contributed by atoms with E-state index in [-0.39, 0.29) is 11.9 Å². The summed E-state index contributed by atoms with van der Waals surface area (Å²) in [5.41, 5.74) is 2.66. The Kier molecular flexibility index (Phi) is 5.36. The van der Waals surface area contributed by atoms with Crippen molar-refractivity contribution in [2.75, 3.05) is 7.05 Å². The van der Waals surface area contributed by atoms with Crippen LogP contribution in [0.3, 0.4) is 0 Å². The molecule has 126 valence electrons. The van der Waals surface area contributed by atoms with E-state index < -0.39 is 0 Å². The van der Waals surface area contributed by atoms with Gasteiger partial charge in [-0.1, -0.05) is 36.4 Å². The van der Waals surface area contributed by atoms with Crippen LogP contribution in [-0.4, -0.2) is 27.8 Å². The number of pyridine rings is 1. The number of aryl methyl sites for hydroxylation is 1. The standard InChI is InChI=1S/C20H19N3OS/c1-15-22-17(14-25-15)11-12-19(24)23(2)20(16-8-4-3-5-9-16)18-10-6-7-13-21-18/h3-14,20H,1-2H3/b12-11+. The SMILES string of the molecule is Cc1nc(/C=C/C(=O)N(C)C(c2ccccc2)c2ccccn2)cs1.